The molecule has 0 bridgehead atoms. The van der Waals surface area contributed by atoms with E-state index in [1.165, 1.54) is 28.4 Å². The molecule has 2 N–H and O–H groups in total. The topological polar surface area (TPSA) is 26.0 Å². The van der Waals surface area contributed by atoms with Crippen LogP contribution in [0.15, 0.2) is 24.3 Å². The van der Waals surface area contributed by atoms with Gasteiger partial charge in [-0.3, -0.25) is 0 Å². The van der Waals surface area contributed by atoms with Gasteiger partial charge in [0.15, 0.2) is 0 Å². The fourth-order valence-electron chi connectivity index (χ4n) is 1.67. The highest BCUT2D eigenvalue weighted by molar-refractivity contribution is 14.1. The van der Waals surface area contributed by atoms with Crippen LogP contribution in [0, 0.1) is 8.99 Å². The molecular formula is C11H14IN. The van der Waals surface area contributed by atoms with E-state index in [2.05, 4.69) is 46.9 Å². The minimum atomic E-state index is 0.465. The summed E-state index contributed by atoms with van der Waals surface area (Å²) >= 11 is 2.33. The lowest BCUT2D eigenvalue weighted by Gasteiger charge is -2.11. The van der Waals surface area contributed by atoms with Gasteiger partial charge in [-0.25, -0.2) is 0 Å². The number of benzene rings is 1. The van der Waals surface area contributed by atoms with Gasteiger partial charge < -0.3 is 5.73 Å². The van der Waals surface area contributed by atoms with Crippen molar-refractivity contribution >= 4 is 22.6 Å². The minimum absolute atomic E-state index is 0.465. The molecule has 1 aliphatic rings. The van der Waals surface area contributed by atoms with Crippen molar-refractivity contribution in [3.63, 3.8) is 0 Å². The van der Waals surface area contributed by atoms with Gasteiger partial charge in [-0.05, 0) is 71.5 Å². The fourth-order valence-corrected chi connectivity index (χ4v) is 2.02. The third kappa shape index (κ3) is 2.23. The van der Waals surface area contributed by atoms with Gasteiger partial charge in [-0.15, -0.1) is 0 Å². The van der Waals surface area contributed by atoms with E-state index >= 15 is 0 Å². The van der Waals surface area contributed by atoms with Gasteiger partial charge in [0.05, 0.1) is 0 Å². The number of halogens is 1. The zero-order chi connectivity index (χ0) is 9.31. The first-order valence-electron chi connectivity index (χ1n) is 4.69. The van der Waals surface area contributed by atoms with Gasteiger partial charge in [0.2, 0.25) is 0 Å². The van der Waals surface area contributed by atoms with Crippen LogP contribution in [0.4, 0.5) is 0 Å². The third-order valence-corrected chi connectivity index (χ3v) is 3.60. The predicted octanol–water partition coefficient (Wildman–Crippen LogP) is 2.57. The Morgan fingerprint density at radius 3 is 2.31 bits per heavy atom. The van der Waals surface area contributed by atoms with E-state index in [1.807, 2.05) is 0 Å². The molecular weight excluding hydrogens is 273 g/mol. The second-order valence-electron chi connectivity index (χ2n) is 4.01. The van der Waals surface area contributed by atoms with E-state index in [1.54, 1.807) is 0 Å². The van der Waals surface area contributed by atoms with Crippen LogP contribution in [0.3, 0.4) is 0 Å². The molecule has 2 heteroatoms. The quantitative estimate of drug-likeness (QED) is 0.850. The molecule has 0 saturated heterocycles. The normalized spacial score (nSPS) is 18.6. The number of hydrogen-bond donors (Lipinski definition) is 1. The van der Waals surface area contributed by atoms with Crippen LogP contribution < -0.4 is 5.73 Å². The van der Waals surface area contributed by atoms with Crippen LogP contribution >= 0.6 is 22.6 Å². The second kappa shape index (κ2) is 3.58. The van der Waals surface area contributed by atoms with E-state index in [0.29, 0.717) is 5.41 Å². The van der Waals surface area contributed by atoms with Crippen LogP contribution in [0.5, 0.6) is 0 Å². The molecule has 0 heterocycles. The van der Waals surface area contributed by atoms with Crippen molar-refractivity contribution in [1.29, 1.82) is 0 Å². The Kier molecular flexibility index (Phi) is 2.60. The molecule has 0 aliphatic heterocycles. The number of nitrogens with two attached hydrogens (primary N) is 1. The van der Waals surface area contributed by atoms with Crippen molar-refractivity contribution in [3.05, 3.63) is 33.4 Å². The Morgan fingerprint density at radius 2 is 1.85 bits per heavy atom. The van der Waals surface area contributed by atoms with Gasteiger partial charge in [-0.1, -0.05) is 12.1 Å². The standard InChI is InChI=1S/C11H14IN/c12-10-3-1-9(2-4-10)7-11(8-13)5-6-11/h1-4H,5-8,13H2. The van der Waals surface area contributed by atoms with E-state index in [-0.39, 0.29) is 0 Å². The molecule has 1 aromatic rings. The molecule has 0 radical (unpaired) electrons. The minimum Gasteiger partial charge on any atom is -0.330 e. The SMILES string of the molecule is NCC1(Cc2ccc(I)cc2)CC1. The van der Waals surface area contributed by atoms with E-state index in [4.69, 9.17) is 5.73 Å². The monoisotopic (exact) mass is 287 g/mol. The highest BCUT2D eigenvalue weighted by Gasteiger charge is 2.40. The maximum atomic E-state index is 5.75. The zero-order valence-electron chi connectivity index (χ0n) is 7.59. The van der Waals surface area contributed by atoms with Crippen LogP contribution in [0.1, 0.15) is 18.4 Å². The summed E-state index contributed by atoms with van der Waals surface area (Å²) in [5.41, 5.74) is 7.64. The Hall–Kier alpha value is -0.0900. The first-order valence-corrected chi connectivity index (χ1v) is 5.77. The summed E-state index contributed by atoms with van der Waals surface area (Å²) in [4.78, 5) is 0. The lowest BCUT2D eigenvalue weighted by Crippen LogP contribution is -2.17. The summed E-state index contributed by atoms with van der Waals surface area (Å²) < 4.78 is 1.30. The molecule has 0 atom stereocenters. The van der Waals surface area contributed by atoms with Crippen LogP contribution in [0.25, 0.3) is 0 Å². The summed E-state index contributed by atoms with van der Waals surface area (Å²) in [5, 5.41) is 0. The molecule has 1 nitrogen and oxygen atoms in total. The van der Waals surface area contributed by atoms with Crippen molar-refractivity contribution in [2.24, 2.45) is 11.1 Å². The maximum Gasteiger partial charge on any atom is 0.0130 e. The van der Waals surface area contributed by atoms with Crippen molar-refractivity contribution in [2.75, 3.05) is 6.54 Å². The smallest absolute Gasteiger partial charge is 0.0130 e. The summed E-state index contributed by atoms with van der Waals surface area (Å²) in [6.45, 7) is 0.846. The van der Waals surface area contributed by atoms with Crippen LogP contribution in [-0.2, 0) is 6.42 Å². The maximum absolute atomic E-state index is 5.75. The van der Waals surface area contributed by atoms with Gasteiger partial charge in [0.25, 0.3) is 0 Å². The lowest BCUT2D eigenvalue weighted by molar-refractivity contribution is 0.521. The molecule has 13 heavy (non-hydrogen) atoms. The highest BCUT2D eigenvalue weighted by Crippen LogP contribution is 2.47. The summed E-state index contributed by atoms with van der Waals surface area (Å²) in [5.74, 6) is 0. The van der Waals surface area contributed by atoms with E-state index < -0.39 is 0 Å². The number of rotatable bonds is 3. The first kappa shape index (κ1) is 9.46. The van der Waals surface area contributed by atoms with Crippen LogP contribution in [0.2, 0.25) is 0 Å². The molecule has 2 rings (SSSR count). The zero-order valence-corrected chi connectivity index (χ0v) is 9.75. The predicted molar refractivity (Wildman–Crippen MR) is 63.6 cm³/mol. The second-order valence-corrected chi connectivity index (χ2v) is 5.25. The van der Waals surface area contributed by atoms with Gasteiger partial charge in [0, 0.05) is 3.57 Å². The van der Waals surface area contributed by atoms with Crippen molar-refractivity contribution in [3.8, 4) is 0 Å². The Bertz CT molecular complexity index is 287. The molecule has 0 amide bonds. The van der Waals surface area contributed by atoms with E-state index in [9.17, 15) is 0 Å². The molecule has 0 unspecified atom stereocenters. The molecule has 0 aromatic heterocycles. The van der Waals surface area contributed by atoms with Crippen molar-refractivity contribution < 1.29 is 0 Å². The average Bonchev–Trinajstić information content (AvgIpc) is 2.90. The first-order chi connectivity index (χ1) is 6.24. The van der Waals surface area contributed by atoms with Crippen LogP contribution in [-0.4, -0.2) is 6.54 Å². The molecule has 1 saturated carbocycles. The third-order valence-electron chi connectivity index (χ3n) is 2.88. The van der Waals surface area contributed by atoms with Gasteiger partial charge in [-0.2, -0.15) is 0 Å². The average molecular weight is 287 g/mol. The Labute approximate surface area is 92.9 Å². The van der Waals surface area contributed by atoms with Crippen molar-refractivity contribution in [1.82, 2.24) is 0 Å². The largest absolute Gasteiger partial charge is 0.330 e. The molecule has 70 valence electrons. The molecule has 1 aromatic carbocycles. The van der Waals surface area contributed by atoms with Crippen molar-refractivity contribution in [2.45, 2.75) is 19.3 Å². The lowest BCUT2D eigenvalue weighted by atomic mass is 9.97. The molecule has 1 aliphatic carbocycles. The summed E-state index contributed by atoms with van der Waals surface area (Å²) in [6, 6.07) is 8.78. The fraction of sp³-hybridized carbons (Fsp3) is 0.455. The highest BCUT2D eigenvalue weighted by atomic mass is 127. The van der Waals surface area contributed by atoms with Gasteiger partial charge in [0.1, 0.15) is 0 Å². The Balaban J connectivity index is 2.06. The molecule has 1 fully saturated rings. The Morgan fingerprint density at radius 1 is 1.23 bits per heavy atom. The van der Waals surface area contributed by atoms with Gasteiger partial charge >= 0.3 is 0 Å². The number of hydrogen-bond acceptors (Lipinski definition) is 1. The summed E-state index contributed by atoms with van der Waals surface area (Å²) in [6.07, 6.45) is 3.80. The summed E-state index contributed by atoms with van der Waals surface area (Å²) in [7, 11) is 0. The molecule has 0 spiro atoms. The van der Waals surface area contributed by atoms with E-state index in [0.717, 1.165) is 6.54 Å².